The lowest BCUT2D eigenvalue weighted by molar-refractivity contribution is -0.146. The molecule has 1 N–H and O–H groups in total. The van der Waals surface area contributed by atoms with E-state index in [1.165, 1.54) is 13.1 Å². The Balaban J connectivity index is 2.20. The van der Waals surface area contributed by atoms with Crippen molar-refractivity contribution in [2.45, 2.75) is 13.1 Å². The van der Waals surface area contributed by atoms with Crippen molar-refractivity contribution in [3.63, 3.8) is 0 Å². The highest BCUT2D eigenvalue weighted by atomic mass is 19.4. The zero-order chi connectivity index (χ0) is 13.6. The molecular weight excluding hydrogens is 257 g/mol. The van der Waals surface area contributed by atoms with E-state index in [4.69, 9.17) is 0 Å². The fourth-order valence-corrected chi connectivity index (χ4v) is 1.97. The van der Waals surface area contributed by atoms with E-state index in [0.29, 0.717) is 11.4 Å². The molecule has 0 fully saturated rings. The van der Waals surface area contributed by atoms with Crippen LogP contribution in [-0.4, -0.2) is 19.7 Å². The van der Waals surface area contributed by atoms with Gasteiger partial charge in [-0.05, 0) is 25.1 Å². The van der Waals surface area contributed by atoms with Crippen LogP contribution < -0.4 is 0 Å². The molecular formula is C12H9F3N4. The van der Waals surface area contributed by atoms with Gasteiger partial charge in [-0.3, -0.25) is 9.67 Å². The number of alkyl halides is 3. The van der Waals surface area contributed by atoms with Gasteiger partial charge in [-0.25, -0.2) is 4.98 Å². The first-order chi connectivity index (χ1) is 8.95. The lowest BCUT2D eigenvalue weighted by Gasteiger charge is -2.10. The molecule has 0 saturated heterocycles. The van der Waals surface area contributed by atoms with E-state index < -0.39 is 12.0 Å². The highest BCUT2D eigenvalue weighted by Gasteiger charge is 2.37. The summed E-state index contributed by atoms with van der Waals surface area (Å²) in [6, 6.07) is 4.92. The molecule has 0 spiro atoms. The highest BCUT2D eigenvalue weighted by molar-refractivity contribution is 5.80. The Morgan fingerprint density at radius 1 is 1.26 bits per heavy atom. The molecule has 0 radical (unpaired) electrons. The Labute approximate surface area is 105 Å². The van der Waals surface area contributed by atoms with Gasteiger partial charge in [0, 0.05) is 17.3 Å². The number of fused-ring (bicyclic) bond motifs is 1. The van der Waals surface area contributed by atoms with E-state index >= 15 is 0 Å². The Morgan fingerprint density at radius 3 is 2.79 bits per heavy atom. The van der Waals surface area contributed by atoms with Gasteiger partial charge in [0.05, 0.1) is 17.4 Å². The molecule has 0 aliphatic rings. The zero-order valence-electron chi connectivity index (χ0n) is 9.86. The van der Waals surface area contributed by atoms with E-state index in [1.807, 2.05) is 0 Å². The summed E-state index contributed by atoms with van der Waals surface area (Å²) >= 11 is 0. The normalized spacial score (nSPS) is 12.2. The summed E-state index contributed by atoms with van der Waals surface area (Å²) < 4.78 is 39.7. The Bertz CT molecular complexity index is 739. The quantitative estimate of drug-likeness (QED) is 0.735. The molecule has 0 atom stereocenters. The van der Waals surface area contributed by atoms with Crippen molar-refractivity contribution in [1.82, 2.24) is 19.7 Å². The van der Waals surface area contributed by atoms with E-state index in [0.717, 1.165) is 15.5 Å². The molecule has 7 heteroatoms. The third-order valence-corrected chi connectivity index (χ3v) is 2.78. The first kappa shape index (κ1) is 11.8. The van der Waals surface area contributed by atoms with Gasteiger partial charge in [-0.2, -0.15) is 18.3 Å². The molecule has 0 unspecified atom stereocenters. The monoisotopic (exact) mass is 266 g/mol. The predicted octanol–water partition coefficient (Wildman–Crippen LogP) is 3.08. The van der Waals surface area contributed by atoms with Crippen LogP contribution in [0.1, 0.15) is 11.5 Å². The number of imidazole rings is 1. The standard InChI is InChI=1S/C12H9F3N4/c1-7-6-19(11(17-7)12(13,14)15)9-2-3-10-8(4-9)5-16-18-10/h2-6H,1H3,(H,16,18). The maximum Gasteiger partial charge on any atom is 0.450 e. The number of aromatic amines is 1. The largest absolute Gasteiger partial charge is 0.450 e. The van der Waals surface area contributed by atoms with Gasteiger partial charge >= 0.3 is 6.18 Å². The minimum Gasteiger partial charge on any atom is -0.296 e. The lowest BCUT2D eigenvalue weighted by atomic mass is 10.2. The number of aryl methyl sites for hydroxylation is 1. The summed E-state index contributed by atoms with van der Waals surface area (Å²) in [7, 11) is 0. The van der Waals surface area contributed by atoms with Crippen LogP contribution in [0.2, 0.25) is 0 Å². The second kappa shape index (κ2) is 3.84. The number of hydrogen-bond acceptors (Lipinski definition) is 2. The first-order valence-corrected chi connectivity index (χ1v) is 5.52. The number of aromatic nitrogens is 4. The Hall–Kier alpha value is -2.31. The van der Waals surface area contributed by atoms with Crippen molar-refractivity contribution in [2.75, 3.05) is 0 Å². The summed E-state index contributed by atoms with van der Waals surface area (Å²) in [5.74, 6) is -0.923. The van der Waals surface area contributed by atoms with Gasteiger partial charge in [0.15, 0.2) is 0 Å². The number of benzene rings is 1. The minimum atomic E-state index is -4.49. The second-order valence-corrected chi connectivity index (χ2v) is 4.22. The van der Waals surface area contributed by atoms with Crippen LogP contribution in [0.4, 0.5) is 13.2 Å². The average molecular weight is 266 g/mol. The fraction of sp³-hybridized carbons (Fsp3) is 0.167. The van der Waals surface area contributed by atoms with Crippen molar-refractivity contribution in [2.24, 2.45) is 0 Å². The minimum absolute atomic E-state index is 0.319. The second-order valence-electron chi connectivity index (χ2n) is 4.22. The van der Waals surface area contributed by atoms with Crippen molar-refractivity contribution >= 4 is 10.9 Å². The summed E-state index contributed by atoms with van der Waals surface area (Å²) in [5, 5.41) is 7.34. The topological polar surface area (TPSA) is 46.5 Å². The van der Waals surface area contributed by atoms with E-state index in [1.54, 1.807) is 24.4 Å². The van der Waals surface area contributed by atoms with Crippen LogP contribution in [0.15, 0.2) is 30.6 Å². The Kier molecular flexibility index (Phi) is 2.38. The average Bonchev–Trinajstić information content (AvgIpc) is 2.92. The van der Waals surface area contributed by atoms with Crippen LogP contribution in [0, 0.1) is 6.92 Å². The smallest absolute Gasteiger partial charge is 0.296 e. The van der Waals surface area contributed by atoms with Crippen molar-refractivity contribution in [1.29, 1.82) is 0 Å². The van der Waals surface area contributed by atoms with Crippen molar-refractivity contribution < 1.29 is 13.2 Å². The molecule has 0 aliphatic carbocycles. The van der Waals surface area contributed by atoms with E-state index in [2.05, 4.69) is 15.2 Å². The van der Waals surface area contributed by atoms with Crippen LogP contribution in [0.25, 0.3) is 16.6 Å². The molecule has 19 heavy (non-hydrogen) atoms. The molecule has 3 aromatic rings. The highest BCUT2D eigenvalue weighted by Crippen LogP contribution is 2.31. The van der Waals surface area contributed by atoms with Gasteiger partial charge < -0.3 is 0 Å². The summed E-state index contributed by atoms with van der Waals surface area (Å²) in [5.41, 5.74) is 1.50. The molecule has 0 amide bonds. The summed E-state index contributed by atoms with van der Waals surface area (Å²) in [4.78, 5) is 3.54. The van der Waals surface area contributed by atoms with E-state index in [-0.39, 0.29) is 0 Å². The van der Waals surface area contributed by atoms with Gasteiger partial charge in [0.2, 0.25) is 5.82 Å². The Morgan fingerprint density at radius 2 is 2.05 bits per heavy atom. The molecule has 3 rings (SSSR count). The molecule has 2 heterocycles. The van der Waals surface area contributed by atoms with Crippen LogP contribution >= 0.6 is 0 Å². The third kappa shape index (κ3) is 1.96. The molecule has 0 saturated carbocycles. The van der Waals surface area contributed by atoms with Crippen LogP contribution in [0.3, 0.4) is 0 Å². The zero-order valence-corrected chi connectivity index (χ0v) is 9.86. The van der Waals surface area contributed by atoms with Crippen LogP contribution in [-0.2, 0) is 6.18 Å². The van der Waals surface area contributed by atoms with Crippen molar-refractivity contribution in [3.05, 3.63) is 42.1 Å². The number of rotatable bonds is 1. The third-order valence-electron chi connectivity index (χ3n) is 2.78. The van der Waals surface area contributed by atoms with Crippen molar-refractivity contribution in [3.8, 4) is 5.69 Å². The summed E-state index contributed by atoms with van der Waals surface area (Å²) in [6.07, 6.45) is -1.56. The summed E-state index contributed by atoms with van der Waals surface area (Å²) in [6.45, 7) is 1.53. The van der Waals surface area contributed by atoms with E-state index in [9.17, 15) is 13.2 Å². The maximum atomic E-state index is 12.9. The van der Waals surface area contributed by atoms with Gasteiger partial charge in [0.1, 0.15) is 0 Å². The lowest BCUT2D eigenvalue weighted by Crippen LogP contribution is -2.13. The maximum absolute atomic E-state index is 12.9. The number of halogens is 3. The number of H-pyrrole nitrogens is 1. The fourth-order valence-electron chi connectivity index (χ4n) is 1.97. The predicted molar refractivity (Wildman–Crippen MR) is 63.0 cm³/mol. The SMILES string of the molecule is Cc1cn(-c2ccc3[nH]ncc3c2)c(C(F)(F)F)n1. The molecule has 1 aromatic carbocycles. The number of nitrogens with zero attached hydrogens (tertiary/aromatic N) is 3. The van der Waals surface area contributed by atoms with Gasteiger partial charge in [0.25, 0.3) is 0 Å². The molecule has 4 nitrogen and oxygen atoms in total. The van der Waals surface area contributed by atoms with Gasteiger partial charge in [-0.1, -0.05) is 0 Å². The molecule has 98 valence electrons. The van der Waals surface area contributed by atoms with Crippen LogP contribution in [0.5, 0.6) is 0 Å². The molecule has 0 bridgehead atoms. The number of hydrogen-bond donors (Lipinski definition) is 1. The first-order valence-electron chi connectivity index (χ1n) is 5.52. The number of nitrogens with one attached hydrogen (secondary N) is 1. The van der Waals surface area contributed by atoms with Gasteiger partial charge in [-0.15, -0.1) is 0 Å². The molecule has 0 aliphatic heterocycles. The molecule has 2 aromatic heterocycles.